The van der Waals surface area contributed by atoms with Crippen LogP contribution in [0.4, 0.5) is 10.1 Å². The molecule has 1 saturated carbocycles. The van der Waals surface area contributed by atoms with Gasteiger partial charge in [-0.05, 0) is 32.0 Å². The van der Waals surface area contributed by atoms with Gasteiger partial charge in [0.25, 0.3) is 0 Å². The molecule has 0 unspecified atom stereocenters. The molecule has 0 saturated heterocycles. The SMILES string of the molecule is CN(CCNS(=O)(=O)c1cccc(F)c1N)C1CCCC1. The number of hydrogen-bond acceptors (Lipinski definition) is 4. The lowest BCUT2D eigenvalue weighted by Crippen LogP contribution is -2.37. The Morgan fingerprint density at radius 2 is 2.05 bits per heavy atom. The van der Waals surface area contributed by atoms with Crippen LogP contribution in [0.2, 0.25) is 0 Å². The van der Waals surface area contributed by atoms with Gasteiger partial charge in [0, 0.05) is 19.1 Å². The van der Waals surface area contributed by atoms with E-state index >= 15 is 0 Å². The summed E-state index contributed by atoms with van der Waals surface area (Å²) in [4.78, 5) is 1.97. The highest BCUT2D eigenvalue weighted by atomic mass is 32.2. The smallest absolute Gasteiger partial charge is 0.242 e. The van der Waals surface area contributed by atoms with E-state index in [-0.39, 0.29) is 17.1 Å². The Labute approximate surface area is 125 Å². The van der Waals surface area contributed by atoms with E-state index in [1.807, 2.05) is 7.05 Å². The average molecular weight is 315 g/mol. The largest absolute Gasteiger partial charge is 0.395 e. The van der Waals surface area contributed by atoms with Crippen molar-refractivity contribution in [3.8, 4) is 0 Å². The summed E-state index contributed by atoms with van der Waals surface area (Å²) in [6.45, 7) is 0.907. The fraction of sp³-hybridized carbons (Fsp3) is 0.571. The van der Waals surface area contributed by atoms with E-state index in [9.17, 15) is 12.8 Å². The van der Waals surface area contributed by atoms with E-state index in [0.717, 1.165) is 6.07 Å². The third-order valence-electron chi connectivity index (χ3n) is 4.01. The third kappa shape index (κ3) is 3.93. The van der Waals surface area contributed by atoms with Crippen LogP contribution in [0.3, 0.4) is 0 Å². The molecule has 118 valence electrons. The molecule has 0 aliphatic heterocycles. The summed E-state index contributed by atoms with van der Waals surface area (Å²) >= 11 is 0. The predicted octanol–water partition coefficient (Wildman–Crippen LogP) is 1.56. The first-order chi connectivity index (χ1) is 9.92. The molecule has 1 fully saturated rings. The molecule has 5 nitrogen and oxygen atoms in total. The van der Waals surface area contributed by atoms with Crippen molar-refractivity contribution in [2.75, 3.05) is 25.9 Å². The first-order valence-electron chi connectivity index (χ1n) is 7.15. The topological polar surface area (TPSA) is 75.4 Å². The second-order valence-corrected chi connectivity index (χ2v) is 7.20. The summed E-state index contributed by atoms with van der Waals surface area (Å²) in [5.41, 5.74) is 5.16. The van der Waals surface area contributed by atoms with E-state index in [4.69, 9.17) is 5.73 Å². The summed E-state index contributed by atoms with van der Waals surface area (Å²) in [6.07, 6.45) is 4.81. The summed E-state index contributed by atoms with van der Waals surface area (Å²) in [6, 6.07) is 4.32. The molecule has 2 rings (SSSR count). The maximum atomic E-state index is 13.3. The van der Waals surface area contributed by atoms with Crippen LogP contribution in [-0.2, 0) is 10.0 Å². The second kappa shape index (κ2) is 6.72. The number of nitrogens with zero attached hydrogens (tertiary/aromatic N) is 1. The molecule has 0 atom stereocenters. The third-order valence-corrected chi connectivity index (χ3v) is 5.53. The molecule has 0 heterocycles. The molecule has 3 N–H and O–H groups in total. The van der Waals surface area contributed by atoms with Crippen LogP contribution in [0, 0.1) is 5.82 Å². The van der Waals surface area contributed by atoms with Crippen LogP contribution >= 0.6 is 0 Å². The van der Waals surface area contributed by atoms with E-state index < -0.39 is 15.8 Å². The Morgan fingerprint density at radius 3 is 2.71 bits per heavy atom. The van der Waals surface area contributed by atoms with E-state index in [1.165, 1.54) is 37.8 Å². The van der Waals surface area contributed by atoms with Gasteiger partial charge in [-0.2, -0.15) is 0 Å². The van der Waals surface area contributed by atoms with Crippen LogP contribution in [0.1, 0.15) is 25.7 Å². The van der Waals surface area contributed by atoms with Crippen molar-refractivity contribution in [1.29, 1.82) is 0 Å². The summed E-state index contributed by atoms with van der Waals surface area (Å²) in [7, 11) is -1.77. The zero-order valence-electron chi connectivity index (χ0n) is 12.2. The average Bonchev–Trinajstić information content (AvgIpc) is 2.95. The van der Waals surface area contributed by atoms with Gasteiger partial charge in [0.15, 0.2) is 0 Å². The maximum absolute atomic E-state index is 13.3. The number of hydrogen-bond donors (Lipinski definition) is 2. The molecule has 1 aromatic rings. The Hall–Kier alpha value is -1.18. The zero-order chi connectivity index (χ0) is 15.5. The van der Waals surface area contributed by atoms with Gasteiger partial charge < -0.3 is 10.6 Å². The molecule has 0 spiro atoms. The number of benzene rings is 1. The van der Waals surface area contributed by atoms with Crippen LogP contribution in [0.15, 0.2) is 23.1 Å². The van der Waals surface area contributed by atoms with E-state index in [2.05, 4.69) is 9.62 Å². The minimum absolute atomic E-state index is 0.203. The van der Waals surface area contributed by atoms with Crippen LogP contribution < -0.4 is 10.5 Å². The second-order valence-electron chi connectivity index (χ2n) is 5.47. The Morgan fingerprint density at radius 1 is 1.38 bits per heavy atom. The lowest BCUT2D eigenvalue weighted by atomic mass is 10.2. The van der Waals surface area contributed by atoms with E-state index in [0.29, 0.717) is 12.6 Å². The highest BCUT2D eigenvalue weighted by molar-refractivity contribution is 7.89. The minimum Gasteiger partial charge on any atom is -0.395 e. The molecule has 1 aliphatic carbocycles. The standard InChI is InChI=1S/C14H22FN3O2S/c1-18(11-5-2-3-6-11)10-9-17-21(19,20)13-8-4-7-12(15)14(13)16/h4,7-8,11,17H,2-3,5-6,9-10,16H2,1H3. The Balaban J connectivity index is 1.93. The molecule has 0 bridgehead atoms. The molecule has 7 heteroatoms. The van der Waals surface area contributed by atoms with Crippen molar-refractivity contribution in [2.24, 2.45) is 0 Å². The molecule has 21 heavy (non-hydrogen) atoms. The number of sulfonamides is 1. The van der Waals surface area contributed by atoms with Gasteiger partial charge in [-0.25, -0.2) is 17.5 Å². The zero-order valence-corrected chi connectivity index (χ0v) is 13.0. The quantitative estimate of drug-likeness (QED) is 0.781. The first-order valence-corrected chi connectivity index (χ1v) is 8.64. The number of anilines is 1. The first kappa shape index (κ1) is 16.2. The number of nitrogens with one attached hydrogen (secondary N) is 1. The number of likely N-dealkylation sites (N-methyl/N-ethyl adjacent to an activating group) is 1. The number of nitrogens with two attached hydrogens (primary N) is 1. The summed E-state index contributed by atoms with van der Waals surface area (Å²) < 4.78 is 40.1. The minimum atomic E-state index is -3.77. The van der Waals surface area contributed by atoms with Crippen molar-refractivity contribution >= 4 is 15.7 Å². The maximum Gasteiger partial charge on any atom is 0.242 e. The number of para-hydroxylation sites is 1. The molecular formula is C14H22FN3O2S. The number of halogens is 1. The van der Waals surface area contributed by atoms with Gasteiger partial charge in [0.1, 0.15) is 10.7 Å². The van der Waals surface area contributed by atoms with Gasteiger partial charge in [0.05, 0.1) is 5.69 Å². The Bertz CT molecular complexity index is 586. The van der Waals surface area contributed by atoms with Crippen molar-refractivity contribution in [3.63, 3.8) is 0 Å². The lowest BCUT2D eigenvalue weighted by Gasteiger charge is -2.23. The number of rotatable bonds is 6. The predicted molar refractivity (Wildman–Crippen MR) is 80.9 cm³/mol. The number of nitrogen functional groups attached to an aromatic ring is 1. The monoisotopic (exact) mass is 315 g/mol. The summed E-state index contributed by atoms with van der Waals surface area (Å²) in [5, 5.41) is 0. The van der Waals surface area contributed by atoms with Gasteiger partial charge >= 0.3 is 0 Å². The van der Waals surface area contributed by atoms with Crippen molar-refractivity contribution in [3.05, 3.63) is 24.0 Å². The van der Waals surface area contributed by atoms with E-state index in [1.54, 1.807) is 0 Å². The molecule has 0 radical (unpaired) electrons. The van der Waals surface area contributed by atoms with Crippen LogP contribution in [0.25, 0.3) is 0 Å². The fourth-order valence-corrected chi connectivity index (χ4v) is 3.87. The molecule has 0 amide bonds. The van der Waals surface area contributed by atoms with Crippen molar-refractivity contribution < 1.29 is 12.8 Å². The summed E-state index contributed by atoms with van der Waals surface area (Å²) in [5.74, 6) is -0.721. The van der Waals surface area contributed by atoms with Crippen LogP contribution in [0.5, 0.6) is 0 Å². The van der Waals surface area contributed by atoms with Crippen LogP contribution in [-0.4, -0.2) is 39.5 Å². The van der Waals surface area contributed by atoms with Gasteiger partial charge in [0.2, 0.25) is 10.0 Å². The van der Waals surface area contributed by atoms with Crippen molar-refractivity contribution in [2.45, 2.75) is 36.6 Å². The van der Waals surface area contributed by atoms with Gasteiger partial charge in [-0.1, -0.05) is 18.9 Å². The highest BCUT2D eigenvalue weighted by Gasteiger charge is 2.21. The van der Waals surface area contributed by atoms with Crippen molar-refractivity contribution in [1.82, 2.24) is 9.62 Å². The fourth-order valence-electron chi connectivity index (χ4n) is 2.71. The molecule has 1 aromatic carbocycles. The molecule has 1 aliphatic rings. The Kier molecular flexibility index (Phi) is 5.18. The van der Waals surface area contributed by atoms with Gasteiger partial charge in [-0.3, -0.25) is 0 Å². The normalized spacial score (nSPS) is 16.7. The molecular weight excluding hydrogens is 293 g/mol. The highest BCUT2D eigenvalue weighted by Crippen LogP contribution is 2.22. The van der Waals surface area contributed by atoms with Gasteiger partial charge in [-0.15, -0.1) is 0 Å². The lowest BCUT2D eigenvalue weighted by molar-refractivity contribution is 0.250. The molecule has 0 aromatic heterocycles.